The molecule has 0 bridgehead atoms. The van der Waals surface area contributed by atoms with Crippen LogP contribution in [-0.4, -0.2) is 16.1 Å². The van der Waals surface area contributed by atoms with Gasteiger partial charge in [-0.2, -0.15) is 0 Å². The van der Waals surface area contributed by atoms with E-state index in [0.717, 1.165) is 5.56 Å². The third kappa shape index (κ3) is 3.38. The number of aromatic hydroxyl groups is 1. The van der Waals surface area contributed by atoms with Gasteiger partial charge in [-0.3, -0.25) is 4.79 Å². The fraction of sp³-hybridized carbons (Fsp3) is 0.111. The van der Waals surface area contributed by atoms with Crippen LogP contribution in [0.3, 0.4) is 0 Å². The highest BCUT2D eigenvalue weighted by Gasteiger charge is 2.30. The first kappa shape index (κ1) is 16.0. The van der Waals surface area contributed by atoms with E-state index in [1.165, 1.54) is 0 Å². The minimum Gasteiger partial charge on any atom is -0.508 e. The summed E-state index contributed by atoms with van der Waals surface area (Å²) in [5.41, 5.74) is 2.68. The molecule has 122 valence electrons. The standard InChI is InChI=1S/C18H17N3O2S/c1-11-15(17(23)20-13-7-3-2-4-8-13)16(21-18(24)19-11)12-6-5-9-14(22)10-12/h2-10,16,22H,1H3,(H,20,23)(H2,19,21,24). The maximum Gasteiger partial charge on any atom is 0.255 e. The zero-order valence-electron chi connectivity index (χ0n) is 13.0. The molecule has 6 heteroatoms. The number of para-hydroxylation sites is 1. The molecule has 2 aromatic carbocycles. The lowest BCUT2D eigenvalue weighted by atomic mass is 9.94. The molecule has 1 amide bonds. The minimum atomic E-state index is -0.436. The molecule has 1 heterocycles. The van der Waals surface area contributed by atoms with Crippen molar-refractivity contribution < 1.29 is 9.90 Å². The van der Waals surface area contributed by atoms with E-state index in [1.807, 2.05) is 43.3 Å². The molecule has 0 spiro atoms. The summed E-state index contributed by atoms with van der Waals surface area (Å²) in [7, 11) is 0. The van der Waals surface area contributed by atoms with Crippen molar-refractivity contribution >= 4 is 28.9 Å². The number of hydrogen-bond donors (Lipinski definition) is 4. The highest BCUT2D eigenvalue weighted by Crippen LogP contribution is 2.29. The second kappa shape index (κ2) is 6.72. The molecule has 1 aliphatic heterocycles. The zero-order valence-corrected chi connectivity index (χ0v) is 13.9. The molecular formula is C18H17N3O2S. The number of allylic oxidation sites excluding steroid dienone is 1. The van der Waals surface area contributed by atoms with Crippen LogP contribution in [0.2, 0.25) is 0 Å². The number of benzene rings is 2. The Bertz CT molecular complexity index is 818. The summed E-state index contributed by atoms with van der Waals surface area (Å²) in [5.74, 6) is -0.0891. The van der Waals surface area contributed by atoms with Gasteiger partial charge in [0.05, 0.1) is 11.6 Å². The van der Waals surface area contributed by atoms with Gasteiger partial charge in [-0.25, -0.2) is 0 Å². The van der Waals surface area contributed by atoms with Crippen LogP contribution in [-0.2, 0) is 4.79 Å². The molecule has 0 aliphatic carbocycles. The van der Waals surface area contributed by atoms with Gasteiger partial charge < -0.3 is 21.1 Å². The number of phenolic OH excluding ortho intramolecular Hbond substituents is 1. The number of nitrogens with one attached hydrogen (secondary N) is 3. The van der Waals surface area contributed by atoms with Crippen molar-refractivity contribution in [1.82, 2.24) is 10.6 Å². The van der Waals surface area contributed by atoms with Crippen LogP contribution < -0.4 is 16.0 Å². The monoisotopic (exact) mass is 339 g/mol. The zero-order chi connectivity index (χ0) is 17.1. The Morgan fingerprint density at radius 2 is 1.92 bits per heavy atom. The number of rotatable bonds is 3. The van der Waals surface area contributed by atoms with Gasteiger partial charge in [-0.1, -0.05) is 30.3 Å². The van der Waals surface area contributed by atoms with Gasteiger partial charge in [-0.05, 0) is 49.0 Å². The molecule has 0 saturated carbocycles. The summed E-state index contributed by atoms with van der Waals surface area (Å²) in [4.78, 5) is 12.8. The van der Waals surface area contributed by atoms with Gasteiger partial charge in [0.25, 0.3) is 5.91 Å². The predicted octanol–water partition coefficient (Wildman–Crippen LogP) is 2.82. The van der Waals surface area contributed by atoms with Gasteiger partial charge in [0, 0.05) is 11.4 Å². The number of carbonyl (C=O) groups excluding carboxylic acids is 1. The van der Waals surface area contributed by atoms with Crippen LogP contribution in [0.25, 0.3) is 0 Å². The summed E-state index contributed by atoms with van der Waals surface area (Å²) in [6, 6.07) is 15.6. The second-order valence-corrected chi connectivity index (χ2v) is 5.89. The summed E-state index contributed by atoms with van der Waals surface area (Å²) in [6.45, 7) is 1.81. The molecule has 0 saturated heterocycles. The molecule has 1 aliphatic rings. The van der Waals surface area contributed by atoms with Crippen molar-refractivity contribution in [2.75, 3.05) is 5.32 Å². The molecule has 0 radical (unpaired) electrons. The average molecular weight is 339 g/mol. The van der Waals surface area contributed by atoms with Crippen molar-refractivity contribution in [2.24, 2.45) is 0 Å². The number of thiocarbonyl (C=S) groups is 1. The maximum absolute atomic E-state index is 12.8. The van der Waals surface area contributed by atoms with Gasteiger partial charge in [-0.15, -0.1) is 0 Å². The molecule has 0 aromatic heterocycles. The summed E-state index contributed by atoms with van der Waals surface area (Å²) in [5, 5.41) is 19.2. The Balaban J connectivity index is 1.96. The van der Waals surface area contributed by atoms with Gasteiger partial charge >= 0.3 is 0 Å². The lowest BCUT2D eigenvalue weighted by Crippen LogP contribution is -2.45. The number of hydrogen-bond acceptors (Lipinski definition) is 3. The van der Waals surface area contributed by atoms with Crippen LogP contribution in [0.1, 0.15) is 18.5 Å². The van der Waals surface area contributed by atoms with E-state index < -0.39 is 6.04 Å². The fourth-order valence-electron chi connectivity index (χ4n) is 2.67. The molecule has 24 heavy (non-hydrogen) atoms. The minimum absolute atomic E-state index is 0.138. The largest absolute Gasteiger partial charge is 0.508 e. The maximum atomic E-state index is 12.8. The van der Waals surface area contributed by atoms with Crippen LogP contribution in [0.5, 0.6) is 5.75 Å². The van der Waals surface area contributed by atoms with E-state index in [4.69, 9.17) is 12.2 Å². The number of phenols is 1. The van der Waals surface area contributed by atoms with E-state index in [2.05, 4.69) is 16.0 Å². The van der Waals surface area contributed by atoms with Gasteiger partial charge in [0.15, 0.2) is 5.11 Å². The Kier molecular flexibility index (Phi) is 4.48. The number of anilines is 1. The topological polar surface area (TPSA) is 73.4 Å². The lowest BCUT2D eigenvalue weighted by Gasteiger charge is -2.30. The lowest BCUT2D eigenvalue weighted by molar-refractivity contribution is -0.113. The quantitative estimate of drug-likeness (QED) is 0.647. The SMILES string of the molecule is CC1=C(C(=O)Nc2ccccc2)C(c2cccc(O)c2)NC(=S)N1. The molecule has 3 rings (SSSR count). The molecule has 5 nitrogen and oxygen atoms in total. The molecule has 4 N–H and O–H groups in total. The van der Waals surface area contributed by atoms with Crippen LogP contribution in [0.4, 0.5) is 5.69 Å². The molecule has 1 unspecified atom stereocenters. The van der Waals surface area contributed by atoms with Crippen molar-refractivity contribution in [3.8, 4) is 5.75 Å². The van der Waals surface area contributed by atoms with Crippen LogP contribution >= 0.6 is 12.2 Å². The highest BCUT2D eigenvalue weighted by atomic mass is 32.1. The Hall–Kier alpha value is -2.86. The smallest absolute Gasteiger partial charge is 0.255 e. The normalized spacial score (nSPS) is 17.0. The van der Waals surface area contributed by atoms with Crippen molar-refractivity contribution in [1.29, 1.82) is 0 Å². The Morgan fingerprint density at radius 1 is 1.17 bits per heavy atom. The van der Waals surface area contributed by atoms with E-state index in [9.17, 15) is 9.90 Å². The fourth-order valence-corrected chi connectivity index (χ4v) is 2.94. The third-order valence-corrected chi connectivity index (χ3v) is 3.97. The molecule has 2 aromatic rings. The summed E-state index contributed by atoms with van der Waals surface area (Å²) < 4.78 is 0. The Morgan fingerprint density at radius 3 is 2.62 bits per heavy atom. The molecule has 0 fully saturated rings. The van der Waals surface area contributed by atoms with E-state index in [-0.39, 0.29) is 11.7 Å². The molecular weight excluding hydrogens is 322 g/mol. The van der Waals surface area contributed by atoms with Crippen LogP contribution in [0, 0.1) is 0 Å². The van der Waals surface area contributed by atoms with Gasteiger partial charge in [0.2, 0.25) is 0 Å². The van der Waals surface area contributed by atoms with Gasteiger partial charge in [0.1, 0.15) is 5.75 Å². The van der Waals surface area contributed by atoms with Crippen molar-refractivity contribution in [3.05, 3.63) is 71.4 Å². The summed E-state index contributed by atoms with van der Waals surface area (Å²) in [6.07, 6.45) is 0. The number of carbonyl (C=O) groups is 1. The van der Waals surface area contributed by atoms with E-state index in [1.54, 1.807) is 18.2 Å². The first-order valence-corrected chi connectivity index (χ1v) is 7.89. The Labute approximate surface area is 145 Å². The van der Waals surface area contributed by atoms with Crippen molar-refractivity contribution in [2.45, 2.75) is 13.0 Å². The van der Waals surface area contributed by atoms with Crippen molar-refractivity contribution in [3.63, 3.8) is 0 Å². The van der Waals surface area contributed by atoms with Crippen LogP contribution in [0.15, 0.2) is 65.9 Å². The first-order valence-electron chi connectivity index (χ1n) is 7.48. The average Bonchev–Trinajstić information content (AvgIpc) is 2.55. The predicted molar refractivity (Wildman–Crippen MR) is 97.5 cm³/mol. The molecule has 1 atom stereocenters. The second-order valence-electron chi connectivity index (χ2n) is 5.49. The summed E-state index contributed by atoms with van der Waals surface area (Å²) >= 11 is 5.21. The first-order chi connectivity index (χ1) is 11.5. The van der Waals surface area contributed by atoms with E-state index in [0.29, 0.717) is 22.1 Å². The highest BCUT2D eigenvalue weighted by molar-refractivity contribution is 7.80. The van der Waals surface area contributed by atoms with E-state index >= 15 is 0 Å². The number of amides is 1. The third-order valence-electron chi connectivity index (χ3n) is 3.75.